The summed E-state index contributed by atoms with van der Waals surface area (Å²) in [5.74, 6) is -0.299. The van der Waals surface area contributed by atoms with E-state index in [4.69, 9.17) is 0 Å². The van der Waals surface area contributed by atoms with Crippen molar-refractivity contribution in [3.8, 4) is 0 Å². The number of fused-ring (bicyclic) bond motifs is 4. The summed E-state index contributed by atoms with van der Waals surface area (Å²) in [6.07, 6.45) is 7.58. The van der Waals surface area contributed by atoms with Crippen LogP contribution in [0.25, 0.3) is 43.6 Å². The number of pyridine rings is 2. The van der Waals surface area contributed by atoms with Gasteiger partial charge in [-0.2, -0.15) is 0 Å². The third kappa shape index (κ3) is 30.9. The maximum Gasteiger partial charge on any atom is 0.253 e. The molecule has 0 saturated carbocycles. The van der Waals surface area contributed by atoms with E-state index < -0.39 is 50.1 Å². The molecule has 0 aliphatic heterocycles. The maximum absolute atomic E-state index is 13.8. The minimum atomic E-state index is -2.66. The largest absolute Gasteiger partial charge is 0.354 e. The first-order chi connectivity index (χ1) is 68.8. The summed E-state index contributed by atoms with van der Waals surface area (Å²) < 4.78 is 6.64. The molecule has 2 aromatic heterocycles. The fourth-order valence-corrected chi connectivity index (χ4v) is 43.3. The molecule has 722 valence electrons. The van der Waals surface area contributed by atoms with Gasteiger partial charge in [0.15, 0.2) is 5.43 Å². The first kappa shape index (κ1) is 109. The van der Waals surface area contributed by atoms with E-state index >= 15 is 0 Å². The second-order valence-corrected chi connectivity index (χ2v) is 57.7. The summed E-state index contributed by atoms with van der Waals surface area (Å²) in [4.78, 5) is 63.7. The molecule has 2 amide bonds. The molecule has 18 rings (SSSR count). The minimum Gasteiger partial charge on any atom is -0.354 e. The number of aromatic amines is 2. The first-order valence-electron chi connectivity index (χ1n) is 49.4. The number of amides is 2. The molecule has 10 nitrogen and oxygen atoms in total. The van der Waals surface area contributed by atoms with Crippen molar-refractivity contribution in [2.75, 3.05) is 52.4 Å². The average Bonchev–Trinajstić information content (AvgIpc) is 0.749. The fraction of sp³-hybridized carbons (Fsp3) is 0.194. The van der Waals surface area contributed by atoms with Gasteiger partial charge in [0.1, 0.15) is 0 Å². The number of H-pyrrole nitrogens is 2. The number of para-hydroxylation sites is 2. The molecule has 16 aromatic carbocycles. The van der Waals surface area contributed by atoms with Crippen LogP contribution in [-0.2, 0) is 20.4 Å². The summed E-state index contributed by atoms with van der Waals surface area (Å²) >= 11 is -0.472. The van der Waals surface area contributed by atoms with Crippen molar-refractivity contribution in [1.82, 2.24) is 30.4 Å². The van der Waals surface area contributed by atoms with Gasteiger partial charge >= 0.3 is 208 Å². The van der Waals surface area contributed by atoms with E-state index in [0.717, 1.165) is 59.3 Å². The summed E-state index contributed by atoms with van der Waals surface area (Å²) in [5.41, 5.74) is 3.82. The maximum atomic E-state index is 13.8. The Hall–Kier alpha value is -10.8. The fourth-order valence-electron chi connectivity index (χ4n) is 17.7. The number of rotatable bonds is 34. The molecule has 17 heteroatoms. The number of carbonyl (C=O) groups is 2. The van der Waals surface area contributed by atoms with Crippen LogP contribution in [0.5, 0.6) is 0 Å². The van der Waals surface area contributed by atoms with Crippen LogP contribution in [0.3, 0.4) is 0 Å². The SMILES string of the molecule is CCC[CH2][Sn]([CH2]CCC)([CH2]CCC)[c]1ccc2[nH]c3c(C(=O)NCCN(CC)CC)cccc3c(=O)c2c1.CCN(CC)CCNC(=O)c1cccc2c(=O)c3cc(I)ccc3[nH]c12.[Pd].c1ccc(P(c2ccccc2)c2ccccc2)cc1.c1ccc(P(c2ccccc2)c2ccccc2)cc1.c1ccc(P(c2ccccc2)c2ccccc2)cc1.c1ccc(P(c2ccccc2)c2ccccc2)cc1. The van der Waals surface area contributed by atoms with Crippen LogP contribution < -0.4 is 88.7 Å². The number of benzene rings is 16. The minimum absolute atomic E-state index is 0. The number of nitrogens with one attached hydrogen (secondary N) is 4. The smallest absolute Gasteiger partial charge is 0.253 e. The molecule has 0 unspecified atom stereocenters. The quantitative estimate of drug-likeness (QED) is 0.0138. The predicted molar refractivity (Wildman–Crippen MR) is 622 cm³/mol. The van der Waals surface area contributed by atoms with Crippen LogP contribution in [0.15, 0.2) is 446 Å². The standard InChI is InChI=1S/C20H22IN3O2.C20H22N3O2.4C18H15P.3C4H9.Pd.Sn/c1-3-24(4-2)11-10-22-20(26)15-7-5-6-14-18(15)23-17-9-8-13(21)12-16(17)19(14)25;1-3-23(4-2)13-12-21-20(25)16-10-7-9-15-18(16)22-17-11-6-5-8-14(17)19(15)24;4*1-4-10-16(11-5-1)19(17-12-6-2-7-13-17)18-14-8-3-9-15-18;3*1-3-4-2;;/h5-9,12H,3-4,10-11H2,1-2H3,(H,22,26)(H,23,25);6-11H,3-4,12-13H2,1-2H3,(H,21,25)(H,22,24);4*1-15H;3*1,3-4H2,2H3;;. The van der Waals surface area contributed by atoms with E-state index in [2.05, 4.69) is 484 Å². The van der Waals surface area contributed by atoms with Gasteiger partial charge in [0, 0.05) is 53.4 Å². The topological polar surface area (TPSA) is 130 Å². The molecule has 18 aromatic rings. The van der Waals surface area contributed by atoms with Gasteiger partial charge in [0.05, 0.1) is 11.1 Å². The zero-order valence-corrected chi connectivity index (χ0v) is 92.2. The van der Waals surface area contributed by atoms with Crippen LogP contribution in [0, 0.1) is 3.57 Å². The zero-order chi connectivity index (χ0) is 97.9. The Bertz CT molecular complexity index is 6010. The van der Waals surface area contributed by atoms with Crippen molar-refractivity contribution in [2.24, 2.45) is 0 Å². The molecule has 0 bridgehead atoms. The summed E-state index contributed by atoms with van der Waals surface area (Å²) in [7, 11) is -1.78. The van der Waals surface area contributed by atoms with Crippen molar-refractivity contribution in [3.05, 3.63) is 472 Å². The van der Waals surface area contributed by atoms with E-state index in [9.17, 15) is 19.2 Å². The van der Waals surface area contributed by atoms with Crippen LogP contribution in [0.4, 0.5) is 0 Å². The predicted octanol–water partition coefficient (Wildman–Crippen LogP) is 23.9. The van der Waals surface area contributed by atoms with Crippen molar-refractivity contribution >= 4 is 195 Å². The van der Waals surface area contributed by atoms with Crippen LogP contribution in [0.1, 0.15) is 108 Å². The van der Waals surface area contributed by atoms with Gasteiger partial charge in [-0.3, -0.25) is 9.59 Å². The third-order valence-electron chi connectivity index (χ3n) is 25.1. The van der Waals surface area contributed by atoms with Gasteiger partial charge in [0.2, 0.25) is 0 Å². The molecule has 0 fully saturated rings. The number of unbranched alkanes of at least 4 members (excludes halogenated alkanes) is 3. The number of carbonyl (C=O) groups excluding carboxylic acids is 2. The average molecular weight is 2250 g/mol. The molecular formula is C124H131IN6O4P4PdSn. The number of hydrogen-bond donors (Lipinski definition) is 4. The van der Waals surface area contributed by atoms with E-state index in [1.165, 1.54) is 119 Å². The summed E-state index contributed by atoms with van der Waals surface area (Å²) in [6, 6.07) is 152. The molecule has 0 atom stereocenters. The van der Waals surface area contributed by atoms with E-state index in [-0.39, 0.29) is 43.1 Å². The summed E-state index contributed by atoms with van der Waals surface area (Å²) in [6.45, 7) is 22.0. The monoisotopic (exact) mass is 2240 g/mol. The molecule has 0 saturated heterocycles. The number of aromatic nitrogens is 2. The Morgan fingerprint density at radius 1 is 0.284 bits per heavy atom. The van der Waals surface area contributed by atoms with Gasteiger partial charge in [-0.25, -0.2) is 0 Å². The van der Waals surface area contributed by atoms with Crippen molar-refractivity contribution in [1.29, 1.82) is 0 Å². The van der Waals surface area contributed by atoms with E-state index in [1.807, 2.05) is 36.4 Å². The van der Waals surface area contributed by atoms with Gasteiger partial charge in [-0.15, -0.1) is 0 Å². The van der Waals surface area contributed by atoms with Crippen molar-refractivity contribution in [3.63, 3.8) is 0 Å². The summed E-state index contributed by atoms with van der Waals surface area (Å²) in [5, 5.41) is 25.3. The molecule has 0 aliphatic rings. The Morgan fingerprint density at radius 2 is 0.511 bits per heavy atom. The second-order valence-electron chi connectivity index (χ2n) is 34.3. The second kappa shape index (κ2) is 58.7. The number of nitrogens with zero attached hydrogens (tertiary/aromatic N) is 2. The van der Waals surface area contributed by atoms with Crippen LogP contribution in [0.2, 0.25) is 13.3 Å². The van der Waals surface area contributed by atoms with Crippen LogP contribution >= 0.6 is 54.3 Å². The van der Waals surface area contributed by atoms with E-state index in [0.29, 0.717) is 51.4 Å². The van der Waals surface area contributed by atoms with Crippen molar-refractivity contribution in [2.45, 2.75) is 100 Å². The Labute approximate surface area is 872 Å². The van der Waals surface area contributed by atoms with Gasteiger partial charge < -0.3 is 15.2 Å². The zero-order valence-electron chi connectivity index (χ0n) is 82.1. The van der Waals surface area contributed by atoms with Gasteiger partial charge in [-0.1, -0.05) is 398 Å². The van der Waals surface area contributed by atoms with Gasteiger partial charge in [0.25, 0.3) is 5.91 Å². The molecule has 141 heavy (non-hydrogen) atoms. The molecular weight excluding hydrogens is 2110 g/mol. The molecule has 0 aliphatic carbocycles. The number of halogens is 1. The third-order valence-corrected chi connectivity index (χ3v) is 51.2. The molecule has 0 radical (unpaired) electrons. The first-order valence-corrected chi connectivity index (χ1v) is 63.4. The Kier molecular flexibility index (Phi) is 45.4. The van der Waals surface area contributed by atoms with Crippen molar-refractivity contribution < 1.29 is 30.0 Å². The normalized spacial score (nSPS) is 11.0. The Balaban J connectivity index is 0.000000154. The molecule has 2 heterocycles. The Morgan fingerprint density at radius 3 is 0.738 bits per heavy atom. The van der Waals surface area contributed by atoms with E-state index in [1.54, 1.807) is 18.2 Å². The molecule has 0 spiro atoms. The van der Waals surface area contributed by atoms with Gasteiger partial charge in [-0.05, 0) is 174 Å². The van der Waals surface area contributed by atoms with Crippen LogP contribution in [-0.4, -0.2) is 102 Å². The number of likely N-dealkylation sites (N-methyl/N-ethyl adjacent to an activating group) is 2. The molecule has 4 N–H and O–H groups in total. The number of hydrogen-bond acceptors (Lipinski definition) is 6.